The summed E-state index contributed by atoms with van der Waals surface area (Å²) >= 11 is 1.27. The number of halogens is 1. The molecule has 0 radical (unpaired) electrons. The van der Waals surface area contributed by atoms with Crippen LogP contribution in [0.2, 0.25) is 0 Å². The molecule has 3 rings (SSSR count). The highest BCUT2D eigenvalue weighted by Gasteiger charge is 2.15. The van der Waals surface area contributed by atoms with E-state index in [1.807, 2.05) is 4.57 Å². The molecule has 3 aromatic rings. The summed E-state index contributed by atoms with van der Waals surface area (Å²) in [5.74, 6) is 0.487. The van der Waals surface area contributed by atoms with Gasteiger partial charge in [0.1, 0.15) is 11.6 Å². The first-order valence-electron chi connectivity index (χ1n) is 7.83. The quantitative estimate of drug-likeness (QED) is 0.388. The first-order chi connectivity index (χ1) is 12.6. The van der Waals surface area contributed by atoms with Gasteiger partial charge in [0.15, 0.2) is 16.8 Å². The fourth-order valence-corrected chi connectivity index (χ4v) is 3.20. The number of Topliss-reactive ketones (excluding diaryl/α,β-unsaturated/α-hetero) is 1. The molecule has 1 N–H and O–H groups in total. The number of phenolic OH excluding ortho intramolecular Hbond substituents is 1. The zero-order chi connectivity index (χ0) is 18.5. The molecule has 26 heavy (non-hydrogen) atoms. The Balaban J connectivity index is 1.79. The van der Waals surface area contributed by atoms with Crippen LogP contribution in [0.5, 0.6) is 5.75 Å². The minimum absolute atomic E-state index is 0.0773. The molecule has 0 saturated carbocycles. The van der Waals surface area contributed by atoms with E-state index < -0.39 is 0 Å². The van der Waals surface area contributed by atoms with Crippen molar-refractivity contribution in [1.29, 1.82) is 0 Å². The van der Waals surface area contributed by atoms with Gasteiger partial charge in [0.05, 0.1) is 5.75 Å². The molecule has 132 valence electrons. The molecule has 0 aliphatic carbocycles. The molecule has 0 aliphatic heterocycles. The molecule has 1 aromatic heterocycles. The van der Waals surface area contributed by atoms with E-state index in [2.05, 4.69) is 16.8 Å². The number of hydrogen-bond donors (Lipinski definition) is 1. The summed E-state index contributed by atoms with van der Waals surface area (Å²) in [7, 11) is 0. The number of phenols is 1. The van der Waals surface area contributed by atoms with Gasteiger partial charge >= 0.3 is 0 Å². The number of allylic oxidation sites excluding steroid dienone is 1. The van der Waals surface area contributed by atoms with Crippen molar-refractivity contribution in [2.45, 2.75) is 11.7 Å². The molecule has 0 atom stereocenters. The van der Waals surface area contributed by atoms with Crippen molar-refractivity contribution in [3.05, 3.63) is 72.6 Å². The normalized spacial score (nSPS) is 10.7. The Morgan fingerprint density at radius 3 is 2.50 bits per heavy atom. The second-order valence-electron chi connectivity index (χ2n) is 5.47. The molecule has 0 unspecified atom stereocenters. The van der Waals surface area contributed by atoms with Gasteiger partial charge in [-0.1, -0.05) is 17.8 Å². The lowest BCUT2D eigenvalue weighted by Crippen LogP contribution is -2.05. The molecule has 0 aliphatic rings. The zero-order valence-electron chi connectivity index (χ0n) is 13.8. The van der Waals surface area contributed by atoms with Crippen LogP contribution in [-0.2, 0) is 6.54 Å². The van der Waals surface area contributed by atoms with E-state index in [0.29, 0.717) is 23.1 Å². The lowest BCUT2D eigenvalue weighted by atomic mass is 10.1. The van der Waals surface area contributed by atoms with Crippen molar-refractivity contribution in [2.75, 3.05) is 5.75 Å². The zero-order valence-corrected chi connectivity index (χ0v) is 14.6. The Kier molecular flexibility index (Phi) is 5.48. The molecule has 0 amide bonds. The summed E-state index contributed by atoms with van der Waals surface area (Å²) in [4.78, 5) is 12.3. The van der Waals surface area contributed by atoms with Gasteiger partial charge in [-0.05, 0) is 48.5 Å². The number of carbonyl (C=O) groups is 1. The topological polar surface area (TPSA) is 68.0 Å². The lowest BCUT2D eigenvalue weighted by Gasteiger charge is -2.07. The molecule has 1 heterocycles. The second kappa shape index (κ2) is 7.97. The van der Waals surface area contributed by atoms with Gasteiger partial charge in [-0.2, -0.15) is 0 Å². The Morgan fingerprint density at radius 1 is 1.15 bits per heavy atom. The van der Waals surface area contributed by atoms with Gasteiger partial charge in [0.25, 0.3) is 0 Å². The van der Waals surface area contributed by atoms with Crippen LogP contribution in [0.15, 0.2) is 66.3 Å². The third-order valence-electron chi connectivity index (χ3n) is 3.65. The summed E-state index contributed by atoms with van der Waals surface area (Å²) in [5, 5.41) is 18.2. The van der Waals surface area contributed by atoms with Crippen molar-refractivity contribution in [3.63, 3.8) is 0 Å². The van der Waals surface area contributed by atoms with Crippen LogP contribution < -0.4 is 0 Å². The maximum atomic E-state index is 13.1. The van der Waals surface area contributed by atoms with E-state index >= 15 is 0 Å². The fraction of sp³-hybridized carbons (Fsp3) is 0.105. The van der Waals surface area contributed by atoms with Crippen molar-refractivity contribution in [1.82, 2.24) is 14.8 Å². The Morgan fingerprint density at radius 2 is 1.85 bits per heavy atom. The number of hydrogen-bond acceptors (Lipinski definition) is 5. The maximum Gasteiger partial charge on any atom is 0.192 e. The third-order valence-corrected chi connectivity index (χ3v) is 4.62. The Labute approximate surface area is 154 Å². The summed E-state index contributed by atoms with van der Waals surface area (Å²) < 4.78 is 15.0. The monoisotopic (exact) mass is 369 g/mol. The molecule has 0 spiro atoms. The molecular formula is C19H16FN3O2S. The van der Waals surface area contributed by atoms with Gasteiger partial charge in [0, 0.05) is 17.7 Å². The second-order valence-corrected chi connectivity index (χ2v) is 6.41. The van der Waals surface area contributed by atoms with Crippen LogP contribution in [0.4, 0.5) is 4.39 Å². The number of ketones is 1. The SMILES string of the molecule is C=CCn1c(SCC(=O)c2ccc(O)cc2)nnc1-c1ccc(F)cc1. The van der Waals surface area contributed by atoms with Crippen molar-refractivity contribution in [2.24, 2.45) is 0 Å². The van der Waals surface area contributed by atoms with Crippen LogP contribution in [0.25, 0.3) is 11.4 Å². The van der Waals surface area contributed by atoms with Crippen molar-refractivity contribution in [3.8, 4) is 17.1 Å². The number of aromatic nitrogens is 3. The minimum atomic E-state index is -0.322. The first-order valence-corrected chi connectivity index (χ1v) is 8.82. The molecule has 7 heteroatoms. The smallest absolute Gasteiger partial charge is 0.192 e. The average Bonchev–Trinajstić information content (AvgIpc) is 3.04. The summed E-state index contributed by atoms with van der Waals surface area (Å²) in [6.07, 6.45) is 1.71. The fourth-order valence-electron chi connectivity index (χ4n) is 2.36. The van der Waals surface area contributed by atoms with E-state index in [-0.39, 0.29) is 23.1 Å². The van der Waals surface area contributed by atoms with Crippen molar-refractivity contribution < 1.29 is 14.3 Å². The van der Waals surface area contributed by atoms with E-state index in [0.717, 1.165) is 5.56 Å². The van der Waals surface area contributed by atoms with Crippen LogP contribution in [0.3, 0.4) is 0 Å². The number of benzene rings is 2. The molecule has 2 aromatic carbocycles. The standard InChI is InChI=1S/C19H16FN3O2S/c1-2-11-23-18(14-3-7-15(20)8-4-14)21-22-19(23)26-12-17(25)13-5-9-16(24)10-6-13/h2-10,24H,1,11-12H2. The van der Waals surface area contributed by atoms with Gasteiger partial charge in [-0.15, -0.1) is 16.8 Å². The predicted octanol–water partition coefficient (Wildman–Crippen LogP) is 3.95. The van der Waals surface area contributed by atoms with Crippen molar-refractivity contribution >= 4 is 17.5 Å². The Hall–Kier alpha value is -2.93. The summed E-state index contributed by atoms with van der Waals surface area (Å²) in [6, 6.07) is 12.1. The molecule has 0 bridgehead atoms. The van der Waals surface area contributed by atoms with E-state index in [1.54, 1.807) is 30.3 Å². The number of aromatic hydroxyl groups is 1. The molecular weight excluding hydrogens is 353 g/mol. The highest BCUT2D eigenvalue weighted by atomic mass is 32.2. The van der Waals surface area contributed by atoms with Gasteiger partial charge in [-0.25, -0.2) is 4.39 Å². The number of thioether (sulfide) groups is 1. The number of rotatable bonds is 7. The molecule has 5 nitrogen and oxygen atoms in total. The highest BCUT2D eigenvalue weighted by Crippen LogP contribution is 2.25. The van der Waals surface area contributed by atoms with E-state index in [9.17, 15) is 14.3 Å². The lowest BCUT2D eigenvalue weighted by molar-refractivity contribution is 0.102. The van der Waals surface area contributed by atoms with E-state index in [4.69, 9.17) is 0 Å². The van der Waals surface area contributed by atoms with Crippen LogP contribution >= 0.6 is 11.8 Å². The van der Waals surface area contributed by atoms with Crippen LogP contribution in [-0.4, -0.2) is 31.4 Å². The highest BCUT2D eigenvalue weighted by molar-refractivity contribution is 7.99. The van der Waals surface area contributed by atoms with Crippen LogP contribution in [0.1, 0.15) is 10.4 Å². The van der Waals surface area contributed by atoms with Gasteiger partial charge in [-0.3, -0.25) is 9.36 Å². The van der Waals surface area contributed by atoms with E-state index in [1.165, 1.54) is 36.0 Å². The number of carbonyl (C=O) groups excluding carboxylic acids is 1. The molecule has 0 saturated heterocycles. The Bertz CT molecular complexity index is 921. The average molecular weight is 369 g/mol. The van der Waals surface area contributed by atoms with Gasteiger partial charge in [0.2, 0.25) is 0 Å². The predicted molar refractivity (Wildman–Crippen MR) is 98.8 cm³/mol. The molecule has 0 fully saturated rings. The summed E-state index contributed by atoms with van der Waals surface area (Å²) in [6.45, 7) is 4.21. The van der Waals surface area contributed by atoms with Gasteiger partial charge < -0.3 is 5.11 Å². The van der Waals surface area contributed by atoms with Crippen LogP contribution in [0, 0.1) is 5.82 Å². The minimum Gasteiger partial charge on any atom is -0.508 e. The first kappa shape index (κ1) is 17.9. The largest absolute Gasteiger partial charge is 0.508 e. The summed E-state index contributed by atoms with van der Waals surface area (Å²) in [5.41, 5.74) is 1.25. The third kappa shape index (κ3) is 4.00. The number of nitrogens with zero attached hydrogens (tertiary/aromatic N) is 3. The maximum absolute atomic E-state index is 13.1.